The molecule has 0 aromatic carbocycles. The molecule has 1 heterocycles. The molecule has 0 amide bonds. The number of ether oxygens (including phenoxy) is 3. The average Bonchev–Trinajstić information content (AvgIpc) is 2.68. The topological polar surface area (TPSA) is 126 Å². The normalized spacial score (nSPS) is 28.4. The second-order valence-electron chi connectivity index (χ2n) is 5.52. The van der Waals surface area contributed by atoms with E-state index < -0.39 is 43.4 Å². The molecule has 0 unspecified atom stereocenters. The van der Waals surface area contributed by atoms with Crippen molar-refractivity contribution in [3.05, 3.63) is 24.8 Å². The summed E-state index contributed by atoms with van der Waals surface area (Å²) >= 11 is 0. The van der Waals surface area contributed by atoms with Gasteiger partial charge in [-0.25, -0.2) is 0 Å². The van der Waals surface area contributed by atoms with Gasteiger partial charge in [-0.1, -0.05) is 36.6 Å². The van der Waals surface area contributed by atoms with Crippen molar-refractivity contribution < 1.29 is 39.4 Å². The van der Waals surface area contributed by atoms with Crippen LogP contribution in [-0.4, -0.2) is 76.9 Å². The predicted octanol–water partition coefficient (Wildman–Crippen LogP) is -1.13. The molecule has 1 rings (SSSR count). The molecule has 0 aromatic heterocycles. The number of aliphatic hydroxyl groups excluding tert-OH is 4. The fourth-order valence-corrected chi connectivity index (χ4v) is 2.08. The monoisotopic (exact) mass is 380 g/mol. The summed E-state index contributed by atoms with van der Waals surface area (Å²) in [7, 11) is 1.31. The summed E-state index contributed by atoms with van der Waals surface area (Å²) in [4.78, 5) is 10.9. The molecule has 6 atom stereocenters. The van der Waals surface area contributed by atoms with Crippen molar-refractivity contribution in [1.82, 2.24) is 0 Å². The van der Waals surface area contributed by atoms with Crippen molar-refractivity contribution in [2.24, 2.45) is 0 Å². The lowest BCUT2D eigenvalue weighted by Crippen LogP contribution is -2.59. The lowest BCUT2D eigenvalue weighted by molar-refractivity contribution is -0.303. The van der Waals surface area contributed by atoms with Crippen LogP contribution in [0.4, 0.5) is 0 Å². The van der Waals surface area contributed by atoms with Gasteiger partial charge in [-0.05, 0) is 11.8 Å². The molecule has 8 heteroatoms. The maximum absolute atomic E-state index is 10.9. The Morgan fingerprint density at radius 3 is 2.59 bits per heavy atom. The molecule has 0 aromatic rings. The number of esters is 1. The molecule has 1 aliphatic heterocycles. The van der Waals surface area contributed by atoms with Crippen LogP contribution >= 0.6 is 0 Å². The minimum atomic E-state index is -1.53. The Balaban J connectivity index is 2.56. The molecule has 1 saturated heterocycles. The van der Waals surface area contributed by atoms with E-state index in [1.807, 2.05) is 0 Å². The third-order valence-corrected chi connectivity index (χ3v) is 3.61. The molecule has 1 fully saturated rings. The molecule has 0 bridgehead atoms. The van der Waals surface area contributed by atoms with E-state index in [9.17, 15) is 20.1 Å². The van der Waals surface area contributed by atoms with Crippen molar-refractivity contribution in [3.63, 3.8) is 0 Å². The van der Waals surface area contributed by atoms with Crippen LogP contribution in [0.1, 0.15) is 12.8 Å². The summed E-state index contributed by atoms with van der Waals surface area (Å²) in [5, 5.41) is 38.5. The van der Waals surface area contributed by atoms with Gasteiger partial charge in [0.1, 0.15) is 30.5 Å². The van der Waals surface area contributed by atoms with Gasteiger partial charge in [-0.3, -0.25) is 4.79 Å². The Bertz CT molecular complexity index is 634. The first-order valence-electron chi connectivity index (χ1n) is 8.23. The standard InChI is InChI=1S/C19H24O8/c1-3-13(10-8-6-4-5-7-9-11-15(21)25-2)26-19-18(24)17(23)16(22)14(12-20)27-19/h3,7,9,13-14,16-20,22-24H,1,5,11-12H2,2H3/b9-7-/t13-,14+,16+,17-,18+,19+/m0/s1. The van der Waals surface area contributed by atoms with E-state index in [1.54, 1.807) is 12.2 Å². The van der Waals surface area contributed by atoms with Gasteiger partial charge in [0.25, 0.3) is 0 Å². The van der Waals surface area contributed by atoms with Gasteiger partial charge in [0.05, 0.1) is 20.1 Å². The number of carbonyl (C=O) groups excluding carboxylic acids is 1. The van der Waals surface area contributed by atoms with E-state index in [0.717, 1.165) is 0 Å². The van der Waals surface area contributed by atoms with Crippen LogP contribution in [0.2, 0.25) is 0 Å². The third-order valence-electron chi connectivity index (χ3n) is 3.61. The van der Waals surface area contributed by atoms with E-state index in [1.165, 1.54) is 13.2 Å². The number of allylic oxidation sites excluding steroid dienone is 1. The Morgan fingerprint density at radius 1 is 1.22 bits per heavy atom. The molecule has 0 saturated carbocycles. The zero-order chi connectivity index (χ0) is 20.2. The summed E-state index contributed by atoms with van der Waals surface area (Å²) in [5.41, 5.74) is 0. The van der Waals surface area contributed by atoms with Crippen LogP contribution in [0.3, 0.4) is 0 Å². The van der Waals surface area contributed by atoms with Crippen LogP contribution in [0.5, 0.6) is 0 Å². The summed E-state index contributed by atoms with van der Waals surface area (Å²) in [6.07, 6.45) is -2.44. The second-order valence-corrected chi connectivity index (χ2v) is 5.52. The highest BCUT2D eigenvalue weighted by atomic mass is 16.7. The highest BCUT2D eigenvalue weighted by Gasteiger charge is 2.44. The molecule has 148 valence electrons. The highest BCUT2D eigenvalue weighted by Crippen LogP contribution is 2.22. The first-order valence-corrected chi connectivity index (χ1v) is 8.23. The fourth-order valence-electron chi connectivity index (χ4n) is 2.08. The van der Waals surface area contributed by atoms with Crippen molar-refractivity contribution >= 4 is 5.97 Å². The van der Waals surface area contributed by atoms with Crippen molar-refractivity contribution in [2.75, 3.05) is 13.7 Å². The maximum atomic E-state index is 10.9. The van der Waals surface area contributed by atoms with Gasteiger partial charge < -0.3 is 34.6 Å². The minimum absolute atomic E-state index is 0.176. The van der Waals surface area contributed by atoms with Gasteiger partial charge >= 0.3 is 5.97 Å². The van der Waals surface area contributed by atoms with Crippen molar-refractivity contribution in [3.8, 4) is 23.7 Å². The van der Waals surface area contributed by atoms with E-state index in [0.29, 0.717) is 6.42 Å². The van der Waals surface area contributed by atoms with E-state index in [4.69, 9.17) is 14.6 Å². The molecular weight excluding hydrogens is 356 g/mol. The summed E-state index contributed by atoms with van der Waals surface area (Å²) in [6, 6.07) is 0. The molecule has 0 spiro atoms. The number of hydrogen-bond acceptors (Lipinski definition) is 8. The van der Waals surface area contributed by atoms with Crippen LogP contribution < -0.4 is 0 Å². The van der Waals surface area contributed by atoms with Gasteiger partial charge in [-0.15, -0.1) is 0 Å². The largest absolute Gasteiger partial charge is 0.469 e. The quantitative estimate of drug-likeness (QED) is 0.248. The molecule has 8 nitrogen and oxygen atoms in total. The average molecular weight is 380 g/mol. The van der Waals surface area contributed by atoms with Crippen molar-refractivity contribution in [2.45, 2.75) is 49.7 Å². The van der Waals surface area contributed by atoms with Gasteiger partial charge in [-0.2, -0.15) is 0 Å². The Hall–Kier alpha value is -2.17. The summed E-state index contributed by atoms with van der Waals surface area (Å²) < 4.78 is 15.1. The van der Waals surface area contributed by atoms with Crippen LogP contribution in [0.25, 0.3) is 0 Å². The van der Waals surface area contributed by atoms with Crippen LogP contribution in [-0.2, 0) is 19.0 Å². The lowest BCUT2D eigenvalue weighted by Gasteiger charge is -2.40. The molecule has 27 heavy (non-hydrogen) atoms. The van der Waals surface area contributed by atoms with Crippen LogP contribution in [0.15, 0.2) is 24.8 Å². The highest BCUT2D eigenvalue weighted by molar-refractivity contribution is 5.70. The van der Waals surface area contributed by atoms with Gasteiger partial charge in [0.2, 0.25) is 0 Å². The molecular formula is C19H24O8. The second kappa shape index (κ2) is 12.3. The number of methoxy groups -OCH3 is 1. The molecule has 0 radical (unpaired) electrons. The Morgan fingerprint density at radius 2 is 1.96 bits per heavy atom. The zero-order valence-electron chi connectivity index (χ0n) is 14.9. The number of aliphatic hydroxyl groups is 4. The predicted molar refractivity (Wildman–Crippen MR) is 94.8 cm³/mol. The Labute approximate surface area is 158 Å². The van der Waals surface area contributed by atoms with E-state index >= 15 is 0 Å². The number of hydrogen-bond donors (Lipinski definition) is 4. The molecule has 0 aliphatic carbocycles. The molecule has 1 aliphatic rings. The van der Waals surface area contributed by atoms with Crippen LogP contribution in [0, 0.1) is 23.7 Å². The van der Waals surface area contributed by atoms with Gasteiger partial charge in [0.15, 0.2) is 6.29 Å². The SMILES string of the molecule is C=C[C@@H](C#CC#CC/C=C\CC(=O)OC)O[C@@H]1O[C@H](CO)[C@@H](O)[C@H](O)[C@H]1O. The maximum Gasteiger partial charge on any atom is 0.309 e. The zero-order valence-corrected chi connectivity index (χ0v) is 14.9. The molecule has 4 N–H and O–H groups in total. The van der Waals surface area contributed by atoms with E-state index in [2.05, 4.69) is 35.0 Å². The third kappa shape index (κ3) is 7.53. The lowest BCUT2D eigenvalue weighted by atomic mass is 9.99. The number of carbonyl (C=O) groups is 1. The first-order chi connectivity index (χ1) is 12.9. The Kier molecular flexibility index (Phi) is 10.4. The summed E-state index contributed by atoms with van der Waals surface area (Å²) in [6.45, 7) is 3.01. The minimum Gasteiger partial charge on any atom is -0.469 e. The van der Waals surface area contributed by atoms with Gasteiger partial charge in [0, 0.05) is 6.42 Å². The first kappa shape index (κ1) is 22.9. The van der Waals surface area contributed by atoms with Crippen molar-refractivity contribution in [1.29, 1.82) is 0 Å². The fraction of sp³-hybridized carbons (Fsp3) is 0.526. The number of rotatable bonds is 7. The van der Waals surface area contributed by atoms with E-state index in [-0.39, 0.29) is 12.4 Å². The smallest absolute Gasteiger partial charge is 0.309 e. The summed E-state index contributed by atoms with van der Waals surface area (Å²) in [5.74, 6) is 10.2.